The van der Waals surface area contributed by atoms with Gasteiger partial charge in [0.25, 0.3) is 0 Å². The van der Waals surface area contributed by atoms with Crippen LogP contribution in [0.3, 0.4) is 0 Å². The second-order valence-corrected chi connectivity index (χ2v) is 5.11. The Hall–Kier alpha value is -1.41. The fourth-order valence-corrected chi connectivity index (χ4v) is 2.51. The molecule has 0 spiro atoms. The summed E-state index contributed by atoms with van der Waals surface area (Å²) in [6.45, 7) is 4.87. The molecule has 0 amide bonds. The molecule has 0 radical (unpaired) electrons. The summed E-state index contributed by atoms with van der Waals surface area (Å²) in [5.41, 5.74) is 12.1. The second kappa shape index (κ2) is 3.81. The minimum absolute atomic E-state index is 0.600. The van der Waals surface area contributed by atoms with Crippen LogP contribution < -0.4 is 5.73 Å². The van der Waals surface area contributed by atoms with Crippen LogP contribution in [-0.4, -0.2) is 4.98 Å². The molecule has 2 heteroatoms. The quantitative estimate of drug-likeness (QED) is 0.854. The van der Waals surface area contributed by atoms with Crippen molar-refractivity contribution in [3.8, 4) is 0 Å². The van der Waals surface area contributed by atoms with Gasteiger partial charge in [-0.1, -0.05) is 12.1 Å². The third-order valence-corrected chi connectivity index (χ3v) is 3.69. The number of benzene rings is 1. The summed E-state index contributed by atoms with van der Waals surface area (Å²) < 4.78 is 0. The van der Waals surface area contributed by atoms with E-state index in [0.717, 1.165) is 5.52 Å². The second-order valence-electron chi connectivity index (χ2n) is 5.11. The van der Waals surface area contributed by atoms with Crippen LogP contribution >= 0.6 is 0 Å². The van der Waals surface area contributed by atoms with Gasteiger partial charge in [0.1, 0.15) is 0 Å². The highest BCUT2D eigenvalue weighted by molar-refractivity contribution is 5.88. The Kier molecular flexibility index (Phi) is 2.40. The smallest absolute Gasteiger partial charge is 0.0740 e. The van der Waals surface area contributed by atoms with Gasteiger partial charge >= 0.3 is 0 Å². The molecule has 0 saturated heterocycles. The third kappa shape index (κ3) is 1.73. The predicted octanol–water partition coefficient (Wildman–Crippen LogP) is 3.19. The average molecular weight is 226 g/mol. The van der Waals surface area contributed by atoms with Gasteiger partial charge in [0.2, 0.25) is 0 Å². The number of pyridine rings is 1. The van der Waals surface area contributed by atoms with Crippen molar-refractivity contribution in [3.63, 3.8) is 0 Å². The zero-order chi connectivity index (χ0) is 12.0. The molecule has 88 valence electrons. The van der Waals surface area contributed by atoms with Crippen molar-refractivity contribution >= 4 is 10.9 Å². The molecular weight excluding hydrogens is 208 g/mol. The summed E-state index contributed by atoms with van der Waals surface area (Å²) in [6, 6.07) is 6.53. The van der Waals surface area contributed by atoms with Crippen LogP contribution in [-0.2, 0) is 6.54 Å². The molecule has 1 heterocycles. The molecule has 1 fully saturated rings. The van der Waals surface area contributed by atoms with Gasteiger partial charge in [-0.15, -0.1) is 0 Å². The predicted molar refractivity (Wildman–Crippen MR) is 71.1 cm³/mol. The average Bonchev–Trinajstić information content (AvgIpc) is 3.16. The molecule has 1 saturated carbocycles. The number of nitrogens with two attached hydrogens (primary N) is 1. The molecule has 2 aromatic rings. The largest absolute Gasteiger partial charge is 0.326 e. The van der Waals surface area contributed by atoms with Crippen molar-refractivity contribution in [2.24, 2.45) is 5.73 Å². The Balaban J connectivity index is 2.35. The lowest BCUT2D eigenvalue weighted by Gasteiger charge is -2.12. The van der Waals surface area contributed by atoms with E-state index < -0.39 is 0 Å². The molecule has 17 heavy (non-hydrogen) atoms. The summed E-state index contributed by atoms with van der Waals surface area (Å²) in [7, 11) is 0. The summed E-state index contributed by atoms with van der Waals surface area (Å²) in [4.78, 5) is 4.85. The summed E-state index contributed by atoms with van der Waals surface area (Å²) in [5, 5.41) is 1.26. The molecule has 0 unspecified atom stereocenters. The van der Waals surface area contributed by atoms with Crippen molar-refractivity contribution in [1.82, 2.24) is 4.98 Å². The van der Waals surface area contributed by atoms with E-state index in [-0.39, 0.29) is 0 Å². The lowest BCUT2D eigenvalue weighted by atomic mass is 9.99. The van der Waals surface area contributed by atoms with Gasteiger partial charge in [-0.05, 0) is 49.4 Å². The van der Waals surface area contributed by atoms with Crippen LogP contribution in [0, 0.1) is 13.8 Å². The van der Waals surface area contributed by atoms with E-state index in [1.165, 1.54) is 40.6 Å². The van der Waals surface area contributed by atoms with Gasteiger partial charge in [-0.3, -0.25) is 4.98 Å². The van der Waals surface area contributed by atoms with Crippen molar-refractivity contribution < 1.29 is 0 Å². The molecule has 1 aliphatic carbocycles. The van der Waals surface area contributed by atoms with E-state index in [9.17, 15) is 0 Å². The Labute approximate surface area is 102 Å². The first-order valence-electron chi connectivity index (χ1n) is 6.30. The van der Waals surface area contributed by atoms with E-state index in [4.69, 9.17) is 10.7 Å². The molecule has 1 aliphatic rings. The number of aromatic nitrogens is 1. The number of hydrogen-bond acceptors (Lipinski definition) is 2. The number of fused-ring (bicyclic) bond motifs is 1. The van der Waals surface area contributed by atoms with Crippen LogP contribution in [0.5, 0.6) is 0 Å². The van der Waals surface area contributed by atoms with Crippen molar-refractivity contribution in [2.75, 3.05) is 0 Å². The number of rotatable bonds is 2. The highest BCUT2D eigenvalue weighted by Gasteiger charge is 2.26. The minimum Gasteiger partial charge on any atom is -0.326 e. The summed E-state index contributed by atoms with van der Waals surface area (Å²) >= 11 is 0. The maximum Gasteiger partial charge on any atom is 0.0740 e. The van der Waals surface area contributed by atoms with E-state index in [2.05, 4.69) is 32.0 Å². The van der Waals surface area contributed by atoms with Crippen LogP contribution in [0.4, 0.5) is 0 Å². The summed E-state index contributed by atoms with van der Waals surface area (Å²) in [6.07, 6.45) is 2.57. The van der Waals surface area contributed by atoms with Crippen LogP contribution in [0.2, 0.25) is 0 Å². The Morgan fingerprint density at radius 1 is 1.24 bits per heavy atom. The highest BCUT2D eigenvalue weighted by Crippen LogP contribution is 2.40. The normalized spacial score (nSPS) is 15.5. The fourth-order valence-electron chi connectivity index (χ4n) is 2.51. The van der Waals surface area contributed by atoms with E-state index in [0.29, 0.717) is 12.5 Å². The monoisotopic (exact) mass is 226 g/mol. The van der Waals surface area contributed by atoms with Crippen molar-refractivity contribution in [1.29, 1.82) is 0 Å². The summed E-state index contributed by atoms with van der Waals surface area (Å²) in [5.74, 6) is 0.685. The number of aryl methyl sites for hydroxylation is 2. The SMILES string of the molecule is Cc1ccc(C)c2c(CN)cc(C3CC3)nc12. The zero-order valence-corrected chi connectivity index (χ0v) is 10.5. The molecule has 0 aliphatic heterocycles. The lowest BCUT2D eigenvalue weighted by Crippen LogP contribution is -2.02. The van der Waals surface area contributed by atoms with E-state index in [1.54, 1.807) is 0 Å². The molecular formula is C15H18N2. The van der Waals surface area contributed by atoms with Gasteiger partial charge in [0, 0.05) is 23.5 Å². The topological polar surface area (TPSA) is 38.9 Å². The molecule has 1 aromatic carbocycles. The van der Waals surface area contributed by atoms with Crippen LogP contribution in [0.25, 0.3) is 10.9 Å². The van der Waals surface area contributed by atoms with E-state index >= 15 is 0 Å². The fraction of sp³-hybridized carbons (Fsp3) is 0.400. The van der Waals surface area contributed by atoms with Crippen molar-refractivity contribution in [2.45, 2.75) is 39.2 Å². The number of nitrogens with zero attached hydrogens (tertiary/aromatic N) is 1. The maximum atomic E-state index is 5.90. The molecule has 0 atom stereocenters. The number of hydrogen-bond donors (Lipinski definition) is 1. The van der Waals surface area contributed by atoms with Crippen LogP contribution in [0.15, 0.2) is 18.2 Å². The van der Waals surface area contributed by atoms with Crippen molar-refractivity contribution in [3.05, 3.63) is 40.6 Å². The minimum atomic E-state index is 0.600. The molecule has 2 N–H and O–H groups in total. The molecule has 2 nitrogen and oxygen atoms in total. The first-order valence-corrected chi connectivity index (χ1v) is 6.30. The Morgan fingerprint density at radius 2 is 1.94 bits per heavy atom. The standard InChI is InChI=1S/C15H18N2/c1-9-3-4-10(2)15-14(9)12(8-16)7-13(17-15)11-5-6-11/h3-4,7,11H,5-6,8,16H2,1-2H3. The van der Waals surface area contributed by atoms with Gasteiger partial charge in [0.05, 0.1) is 5.52 Å². The highest BCUT2D eigenvalue weighted by atomic mass is 14.7. The molecule has 1 aromatic heterocycles. The van der Waals surface area contributed by atoms with Crippen LogP contribution in [0.1, 0.15) is 41.1 Å². The molecule has 3 rings (SSSR count). The molecule has 0 bridgehead atoms. The van der Waals surface area contributed by atoms with E-state index in [1.807, 2.05) is 0 Å². The first kappa shape index (κ1) is 10.7. The third-order valence-electron chi connectivity index (χ3n) is 3.69. The first-order chi connectivity index (χ1) is 8.20. The Morgan fingerprint density at radius 3 is 2.59 bits per heavy atom. The zero-order valence-electron chi connectivity index (χ0n) is 10.5. The maximum absolute atomic E-state index is 5.90. The lowest BCUT2D eigenvalue weighted by molar-refractivity contribution is 1.00. The van der Waals surface area contributed by atoms with Gasteiger partial charge in [-0.2, -0.15) is 0 Å². The van der Waals surface area contributed by atoms with Gasteiger partial charge in [0.15, 0.2) is 0 Å². The van der Waals surface area contributed by atoms with Gasteiger partial charge < -0.3 is 5.73 Å². The van der Waals surface area contributed by atoms with Gasteiger partial charge in [-0.25, -0.2) is 0 Å². The Bertz CT molecular complexity index is 583.